The van der Waals surface area contributed by atoms with Gasteiger partial charge < -0.3 is 10.3 Å². The van der Waals surface area contributed by atoms with Gasteiger partial charge in [0.25, 0.3) is 0 Å². The molecule has 0 fully saturated rings. The average Bonchev–Trinajstić information content (AvgIpc) is 3.15. The number of halogens is 1. The summed E-state index contributed by atoms with van der Waals surface area (Å²) >= 11 is 4.82. The molecule has 0 radical (unpaired) electrons. The molecule has 1 aromatic carbocycles. The van der Waals surface area contributed by atoms with Gasteiger partial charge in [-0.2, -0.15) is 5.10 Å². The van der Waals surface area contributed by atoms with Crippen LogP contribution in [0.5, 0.6) is 0 Å². The molecule has 0 spiro atoms. The van der Waals surface area contributed by atoms with Crippen molar-refractivity contribution in [2.75, 3.05) is 5.32 Å². The van der Waals surface area contributed by atoms with E-state index in [-0.39, 0.29) is 11.2 Å². The molecule has 0 saturated carbocycles. The van der Waals surface area contributed by atoms with Gasteiger partial charge in [-0.1, -0.05) is 39.8 Å². The fraction of sp³-hybridized carbons (Fsp3) is 0.278. The van der Waals surface area contributed by atoms with E-state index in [1.165, 1.54) is 11.8 Å². The number of imidazole rings is 1. The molecule has 0 aliphatic carbocycles. The van der Waals surface area contributed by atoms with Gasteiger partial charge in [0.1, 0.15) is 0 Å². The van der Waals surface area contributed by atoms with E-state index >= 15 is 0 Å². The number of hydrogen-bond acceptors (Lipinski definition) is 4. The van der Waals surface area contributed by atoms with E-state index in [0.29, 0.717) is 5.16 Å². The summed E-state index contributed by atoms with van der Waals surface area (Å²) in [6.07, 6.45) is 1.78. The van der Waals surface area contributed by atoms with Crippen LogP contribution >= 0.6 is 27.7 Å². The molecule has 6 nitrogen and oxygen atoms in total. The Morgan fingerprint density at radius 3 is 2.62 bits per heavy atom. The zero-order valence-electron chi connectivity index (χ0n) is 15.0. The maximum atomic E-state index is 12.5. The number of thioether (sulfide) groups is 1. The van der Waals surface area contributed by atoms with Gasteiger partial charge in [-0.25, -0.2) is 4.98 Å². The summed E-state index contributed by atoms with van der Waals surface area (Å²) in [5.74, 6) is -0.0733. The molecule has 3 aromatic rings. The van der Waals surface area contributed by atoms with Crippen molar-refractivity contribution in [3.05, 3.63) is 46.3 Å². The van der Waals surface area contributed by atoms with Crippen LogP contribution in [0.1, 0.15) is 18.3 Å². The number of carbonyl (C=O) groups is 1. The molecule has 2 N–H and O–H groups in total. The Morgan fingerprint density at radius 2 is 2.00 bits per heavy atom. The zero-order valence-corrected chi connectivity index (χ0v) is 17.4. The van der Waals surface area contributed by atoms with Crippen LogP contribution in [-0.4, -0.2) is 30.9 Å². The highest BCUT2D eigenvalue weighted by atomic mass is 79.9. The van der Waals surface area contributed by atoms with Crippen LogP contribution in [0.2, 0.25) is 0 Å². The smallest absolute Gasteiger partial charge is 0.237 e. The number of hydrogen-bond donors (Lipinski definition) is 2. The Hall–Kier alpha value is -2.06. The summed E-state index contributed by atoms with van der Waals surface area (Å²) in [5, 5.41) is 7.72. The fourth-order valence-corrected chi connectivity index (χ4v) is 3.59. The van der Waals surface area contributed by atoms with E-state index in [0.717, 1.165) is 32.8 Å². The Balaban J connectivity index is 1.67. The first kappa shape index (κ1) is 18.7. The first-order valence-electron chi connectivity index (χ1n) is 8.14. The third-order valence-corrected chi connectivity index (χ3v) is 5.65. The first-order valence-corrected chi connectivity index (χ1v) is 9.81. The normalized spacial score (nSPS) is 12.2. The summed E-state index contributed by atoms with van der Waals surface area (Å²) in [6, 6.07) is 7.99. The lowest BCUT2D eigenvalue weighted by Crippen LogP contribution is -2.23. The van der Waals surface area contributed by atoms with E-state index in [4.69, 9.17) is 0 Å². The Kier molecular flexibility index (Phi) is 5.52. The van der Waals surface area contributed by atoms with Crippen LogP contribution in [0.25, 0.3) is 11.3 Å². The van der Waals surface area contributed by atoms with Gasteiger partial charge in [-0.3, -0.25) is 9.48 Å². The van der Waals surface area contributed by atoms with Crippen LogP contribution in [0.3, 0.4) is 0 Å². The standard InChI is InChI=1S/C18H20BrN5OS/c1-10-16(11(2)24(4)23-10)22-17(25)12(3)26-18-20-9-15(21-18)13-5-7-14(19)8-6-13/h5-9,12H,1-4H3,(H,20,21)(H,22,25). The molecule has 0 bridgehead atoms. The van der Waals surface area contributed by atoms with Crippen LogP contribution in [0.15, 0.2) is 40.1 Å². The molecule has 136 valence electrons. The minimum atomic E-state index is -0.294. The van der Waals surface area contributed by atoms with Crippen LogP contribution in [0, 0.1) is 13.8 Å². The number of H-pyrrole nitrogens is 1. The Labute approximate surface area is 164 Å². The van der Waals surface area contributed by atoms with E-state index in [9.17, 15) is 4.79 Å². The van der Waals surface area contributed by atoms with Crippen LogP contribution in [-0.2, 0) is 11.8 Å². The number of aryl methyl sites for hydroxylation is 2. The number of nitrogens with one attached hydrogen (secondary N) is 2. The van der Waals surface area contributed by atoms with E-state index in [2.05, 4.69) is 36.3 Å². The van der Waals surface area contributed by atoms with Crippen LogP contribution < -0.4 is 5.32 Å². The van der Waals surface area contributed by atoms with Crippen LogP contribution in [0.4, 0.5) is 5.69 Å². The molecular formula is C18H20BrN5OS. The average molecular weight is 434 g/mol. The van der Waals surface area contributed by atoms with Crippen molar-refractivity contribution < 1.29 is 4.79 Å². The van der Waals surface area contributed by atoms with Gasteiger partial charge in [0.2, 0.25) is 5.91 Å². The number of carbonyl (C=O) groups excluding carboxylic acids is 1. The number of anilines is 1. The summed E-state index contributed by atoms with van der Waals surface area (Å²) in [4.78, 5) is 20.2. The maximum absolute atomic E-state index is 12.5. The number of benzene rings is 1. The highest BCUT2D eigenvalue weighted by Crippen LogP contribution is 2.27. The second kappa shape index (κ2) is 7.67. The van der Waals surface area contributed by atoms with Crippen molar-refractivity contribution in [1.29, 1.82) is 0 Å². The molecule has 0 aliphatic heterocycles. The molecule has 1 atom stereocenters. The molecule has 3 rings (SSSR count). The van der Waals surface area contributed by atoms with Crippen molar-refractivity contribution in [3.8, 4) is 11.3 Å². The van der Waals surface area contributed by atoms with E-state index in [1.807, 2.05) is 52.1 Å². The van der Waals surface area contributed by atoms with Gasteiger partial charge in [0.15, 0.2) is 5.16 Å². The number of aromatic amines is 1. The van der Waals surface area contributed by atoms with Gasteiger partial charge in [-0.15, -0.1) is 0 Å². The molecule has 2 aromatic heterocycles. The van der Waals surface area contributed by atoms with Gasteiger partial charge >= 0.3 is 0 Å². The lowest BCUT2D eigenvalue weighted by Gasteiger charge is -2.11. The highest BCUT2D eigenvalue weighted by Gasteiger charge is 2.19. The zero-order chi connectivity index (χ0) is 18.8. The SMILES string of the molecule is Cc1nn(C)c(C)c1NC(=O)C(C)Sc1ncc(-c2ccc(Br)cc2)[nH]1. The first-order chi connectivity index (χ1) is 12.3. The molecule has 1 unspecified atom stereocenters. The highest BCUT2D eigenvalue weighted by molar-refractivity contribution is 9.10. The third-order valence-electron chi connectivity index (χ3n) is 4.12. The molecular weight excluding hydrogens is 414 g/mol. The molecule has 1 amide bonds. The molecule has 0 aliphatic rings. The van der Waals surface area contributed by atoms with Crippen molar-refractivity contribution >= 4 is 39.3 Å². The molecule has 0 saturated heterocycles. The van der Waals surface area contributed by atoms with Crippen molar-refractivity contribution in [2.45, 2.75) is 31.2 Å². The number of amides is 1. The second-order valence-corrected chi connectivity index (χ2v) is 8.27. The summed E-state index contributed by atoms with van der Waals surface area (Å²) in [6.45, 7) is 5.69. The lowest BCUT2D eigenvalue weighted by atomic mass is 10.2. The lowest BCUT2D eigenvalue weighted by molar-refractivity contribution is -0.115. The third kappa shape index (κ3) is 4.02. The van der Waals surface area contributed by atoms with Gasteiger partial charge in [0, 0.05) is 11.5 Å². The molecule has 8 heteroatoms. The second-order valence-electron chi connectivity index (χ2n) is 6.03. The summed E-state index contributed by atoms with van der Waals surface area (Å²) < 4.78 is 2.79. The quantitative estimate of drug-likeness (QED) is 0.587. The fourth-order valence-electron chi connectivity index (χ4n) is 2.54. The largest absolute Gasteiger partial charge is 0.333 e. The monoisotopic (exact) mass is 433 g/mol. The Bertz CT molecular complexity index is 932. The number of aromatic nitrogens is 4. The summed E-state index contributed by atoms with van der Waals surface area (Å²) in [7, 11) is 1.86. The number of nitrogens with zero attached hydrogens (tertiary/aromatic N) is 3. The van der Waals surface area contributed by atoms with Gasteiger partial charge in [0.05, 0.1) is 34.2 Å². The topological polar surface area (TPSA) is 75.6 Å². The number of rotatable bonds is 5. The minimum Gasteiger partial charge on any atom is -0.333 e. The predicted octanol–water partition coefficient (Wildman–Crippen LogP) is 4.31. The molecule has 2 heterocycles. The summed E-state index contributed by atoms with van der Waals surface area (Å²) in [5.41, 5.74) is 4.49. The minimum absolute atomic E-state index is 0.0733. The van der Waals surface area contributed by atoms with Crippen molar-refractivity contribution in [3.63, 3.8) is 0 Å². The van der Waals surface area contributed by atoms with Crippen molar-refractivity contribution in [2.24, 2.45) is 7.05 Å². The maximum Gasteiger partial charge on any atom is 0.237 e. The molecule has 26 heavy (non-hydrogen) atoms. The van der Waals surface area contributed by atoms with Crippen molar-refractivity contribution in [1.82, 2.24) is 19.7 Å². The predicted molar refractivity (Wildman–Crippen MR) is 108 cm³/mol. The van der Waals surface area contributed by atoms with E-state index in [1.54, 1.807) is 10.9 Å². The van der Waals surface area contributed by atoms with E-state index < -0.39 is 0 Å². The Morgan fingerprint density at radius 1 is 1.31 bits per heavy atom. The van der Waals surface area contributed by atoms with Gasteiger partial charge in [-0.05, 0) is 38.5 Å².